The van der Waals surface area contributed by atoms with Crippen LogP contribution in [0.25, 0.3) is 11.3 Å². The topological polar surface area (TPSA) is 40.7 Å². The minimum atomic E-state index is 0.469. The Morgan fingerprint density at radius 2 is 2.20 bits per heavy atom. The Morgan fingerprint density at radius 3 is 2.95 bits per heavy atom. The highest BCUT2D eigenvalue weighted by Crippen LogP contribution is 2.36. The smallest absolute Gasteiger partial charge is 0.0650 e. The van der Waals surface area contributed by atoms with E-state index < -0.39 is 0 Å². The van der Waals surface area contributed by atoms with Crippen molar-refractivity contribution in [3.05, 3.63) is 36.5 Å². The quantitative estimate of drug-likeness (QED) is 0.863. The van der Waals surface area contributed by atoms with Gasteiger partial charge in [-0.05, 0) is 42.9 Å². The summed E-state index contributed by atoms with van der Waals surface area (Å²) in [5.74, 6) is 0. The number of rotatable bonds is 3. The molecule has 3 heteroatoms. The van der Waals surface area contributed by atoms with Crippen molar-refractivity contribution < 1.29 is 0 Å². The molecule has 106 valence electrons. The van der Waals surface area contributed by atoms with Crippen LogP contribution in [0.2, 0.25) is 0 Å². The van der Waals surface area contributed by atoms with Gasteiger partial charge in [-0.15, -0.1) is 0 Å². The Bertz CT molecular complexity index is 557. The Hall–Kier alpha value is -1.77. The summed E-state index contributed by atoms with van der Waals surface area (Å²) in [4.78, 5) is 0. The number of H-pyrrole nitrogens is 1. The molecule has 0 amide bonds. The van der Waals surface area contributed by atoms with Gasteiger partial charge in [-0.25, -0.2) is 0 Å². The minimum absolute atomic E-state index is 0.469. The Labute approximate surface area is 120 Å². The number of anilines is 1. The van der Waals surface area contributed by atoms with Crippen molar-refractivity contribution in [2.24, 2.45) is 5.41 Å². The van der Waals surface area contributed by atoms with Crippen LogP contribution < -0.4 is 5.32 Å². The van der Waals surface area contributed by atoms with E-state index in [0.29, 0.717) is 11.5 Å². The molecule has 1 aliphatic carbocycles. The van der Waals surface area contributed by atoms with Crippen molar-refractivity contribution in [3.63, 3.8) is 0 Å². The summed E-state index contributed by atoms with van der Waals surface area (Å²) in [7, 11) is 0. The molecule has 0 aliphatic heterocycles. The third kappa shape index (κ3) is 3.03. The monoisotopic (exact) mass is 269 g/mol. The zero-order valence-corrected chi connectivity index (χ0v) is 12.3. The predicted octanol–water partition coefficient (Wildman–Crippen LogP) is 4.46. The first-order chi connectivity index (χ1) is 9.62. The summed E-state index contributed by atoms with van der Waals surface area (Å²) in [5, 5.41) is 10.7. The van der Waals surface area contributed by atoms with E-state index in [9.17, 15) is 0 Å². The molecule has 1 unspecified atom stereocenters. The zero-order chi connectivity index (χ0) is 14.0. The number of nitrogens with one attached hydrogen (secondary N) is 2. The summed E-state index contributed by atoms with van der Waals surface area (Å²) in [6.45, 7) is 4.75. The largest absolute Gasteiger partial charge is 0.382 e. The van der Waals surface area contributed by atoms with Crippen molar-refractivity contribution in [1.29, 1.82) is 0 Å². The lowest BCUT2D eigenvalue weighted by molar-refractivity contribution is 0.229. The van der Waals surface area contributed by atoms with Crippen LogP contribution in [0, 0.1) is 5.41 Å². The average Bonchev–Trinajstić information content (AvgIpc) is 2.91. The van der Waals surface area contributed by atoms with Gasteiger partial charge in [0, 0.05) is 23.5 Å². The predicted molar refractivity (Wildman–Crippen MR) is 83.7 cm³/mol. The van der Waals surface area contributed by atoms with Gasteiger partial charge in [0.25, 0.3) is 0 Å². The van der Waals surface area contributed by atoms with E-state index >= 15 is 0 Å². The molecule has 2 N–H and O–H groups in total. The Kier molecular flexibility index (Phi) is 3.51. The van der Waals surface area contributed by atoms with Crippen LogP contribution in [0.4, 0.5) is 5.69 Å². The Morgan fingerprint density at radius 1 is 1.30 bits per heavy atom. The summed E-state index contributed by atoms with van der Waals surface area (Å²) >= 11 is 0. The van der Waals surface area contributed by atoms with Crippen molar-refractivity contribution >= 4 is 5.69 Å². The standard InChI is InChI=1S/C17H23N3/c1-17(2)9-4-7-15(12-17)19-14-6-3-5-13(11-14)16-8-10-18-20-16/h3,5-6,8,10-11,15,19H,4,7,9,12H2,1-2H3,(H,18,20). The molecular weight excluding hydrogens is 246 g/mol. The normalized spacial score (nSPS) is 21.6. The maximum atomic E-state index is 4.02. The number of benzene rings is 1. The van der Waals surface area contributed by atoms with Crippen molar-refractivity contribution in [3.8, 4) is 11.3 Å². The van der Waals surface area contributed by atoms with E-state index in [2.05, 4.69) is 53.6 Å². The molecule has 0 saturated heterocycles. The first-order valence-corrected chi connectivity index (χ1v) is 7.49. The highest BCUT2D eigenvalue weighted by Gasteiger charge is 2.27. The van der Waals surface area contributed by atoms with Crippen LogP contribution in [0.5, 0.6) is 0 Å². The molecule has 1 aliphatic rings. The summed E-state index contributed by atoms with van der Waals surface area (Å²) in [5.41, 5.74) is 3.93. The second-order valence-corrected chi connectivity index (χ2v) is 6.65. The van der Waals surface area contributed by atoms with Crippen LogP contribution in [0.15, 0.2) is 36.5 Å². The number of hydrogen-bond donors (Lipinski definition) is 2. The SMILES string of the molecule is CC1(C)CCCC(Nc2cccc(-c3ccn[nH]3)c2)C1. The van der Waals surface area contributed by atoms with Crippen LogP contribution in [-0.4, -0.2) is 16.2 Å². The maximum absolute atomic E-state index is 4.02. The molecule has 1 aromatic heterocycles. The highest BCUT2D eigenvalue weighted by molar-refractivity contribution is 5.64. The molecule has 20 heavy (non-hydrogen) atoms. The van der Waals surface area contributed by atoms with E-state index in [1.807, 2.05) is 6.07 Å². The van der Waals surface area contributed by atoms with Gasteiger partial charge in [-0.3, -0.25) is 5.10 Å². The third-order valence-corrected chi connectivity index (χ3v) is 4.25. The van der Waals surface area contributed by atoms with E-state index in [-0.39, 0.29) is 0 Å². The fourth-order valence-corrected chi connectivity index (χ4v) is 3.25. The zero-order valence-electron chi connectivity index (χ0n) is 12.3. The first kappa shape index (κ1) is 13.2. The average molecular weight is 269 g/mol. The lowest BCUT2D eigenvalue weighted by Gasteiger charge is -2.36. The number of aromatic amines is 1. The fourth-order valence-electron chi connectivity index (χ4n) is 3.25. The molecule has 0 bridgehead atoms. The molecule has 3 nitrogen and oxygen atoms in total. The van der Waals surface area contributed by atoms with Gasteiger partial charge in [0.15, 0.2) is 0 Å². The Balaban J connectivity index is 1.73. The third-order valence-electron chi connectivity index (χ3n) is 4.25. The maximum Gasteiger partial charge on any atom is 0.0650 e. The summed E-state index contributed by atoms with van der Waals surface area (Å²) in [6.07, 6.45) is 6.99. The van der Waals surface area contributed by atoms with Gasteiger partial charge in [0.2, 0.25) is 0 Å². The van der Waals surface area contributed by atoms with Gasteiger partial charge in [0.1, 0.15) is 0 Å². The van der Waals surface area contributed by atoms with Crippen LogP contribution in [0.3, 0.4) is 0 Å². The van der Waals surface area contributed by atoms with E-state index in [1.165, 1.54) is 36.9 Å². The van der Waals surface area contributed by atoms with E-state index in [0.717, 1.165) is 5.69 Å². The van der Waals surface area contributed by atoms with Gasteiger partial charge in [0.05, 0.1) is 5.69 Å². The van der Waals surface area contributed by atoms with Gasteiger partial charge < -0.3 is 5.32 Å². The van der Waals surface area contributed by atoms with Crippen molar-refractivity contribution in [1.82, 2.24) is 10.2 Å². The number of nitrogens with zero attached hydrogens (tertiary/aromatic N) is 1. The molecule has 2 aromatic rings. The molecule has 1 atom stereocenters. The van der Waals surface area contributed by atoms with Gasteiger partial charge >= 0.3 is 0 Å². The molecule has 0 radical (unpaired) electrons. The van der Waals surface area contributed by atoms with E-state index in [1.54, 1.807) is 6.20 Å². The molecule has 1 fully saturated rings. The molecule has 1 heterocycles. The summed E-state index contributed by atoms with van der Waals surface area (Å²) < 4.78 is 0. The second kappa shape index (κ2) is 5.31. The number of hydrogen-bond acceptors (Lipinski definition) is 2. The van der Waals surface area contributed by atoms with Gasteiger partial charge in [-0.2, -0.15) is 5.10 Å². The minimum Gasteiger partial charge on any atom is -0.382 e. The van der Waals surface area contributed by atoms with Crippen molar-refractivity contribution in [2.75, 3.05) is 5.32 Å². The van der Waals surface area contributed by atoms with Crippen LogP contribution >= 0.6 is 0 Å². The molecule has 0 spiro atoms. The molecule has 1 saturated carbocycles. The lowest BCUT2D eigenvalue weighted by Crippen LogP contribution is -2.31. The molecule has 3 rings (SSSR count). The van der Waals surface area contributed by atoms with Crippen LogP contribution in [0.1, 0.15) is 39.5 Å². The summed E-state index contributed by atoms with van der Waals surface area (Å²) in [6, 6.07) is 11.2. The van der Waals surface area contributed by atoms with Crippen molar-refractivity contribution in [2.45, 2.75) is 45.6 Å². The number of aromatic nitrogens is 2. The molecular formula is C17H23N3. The molecule has 1 aromatic carbocycles. The lowest BCUT2D eigenvalue weighted by atomic mass is 9.75. The fraction of sp³-hybridized carbons (Fsp3) is 0.471. The highest BCUT2D eigenvalue weighted by atomic mass is 15.1. The second-order valence-electron chi connectivity index (χ2n) is 6.65. The van der Waals surface area contributed by atoms with Gasteiger partial charge in [-0.1, -0.05) is 32.4 Å². The van der Waals surface area contributed by atoms with Crippen LogP contribution in [-0.2, 0) is 0 Å². The first-order valence-electron chi connectivity index (χ1n) is 7.49. The van der Waals surface area contributed by atoms with E-state index in [4.69, 9.17) is 0 Å².